The molecule has 0 saturated heterocycles. The van der Waals surface area contributed by atoms with E-state index in [-0.39, 0.29) is 0 Å². The van der Waals surface area contributed by atoms with Gasteiger partial charge in [0.05, 0.1) is 29.2 Å². The number of carbonyl (C=O) groups excluding carboxylic acids is 1. The van der Waals surface area contributed by atoms with Gasteiger partial charge >= 0.3 is 5.97 Å². The number of aromatic nitrogens is 4. The van der Waals surface area contributed by atoms with Gasteiger partial charge in [0.2, 0.25) is 0 Å². The van der Waals surface area contributed by atoms with Crippen molar-refractivity contribution in [3.8, 4) is 22.6 Å². The number of hydrogen-bond acceptors (Lipinski definition) is 7. The van der Waals surface area contributed by atoms with Gasteiger partial charge in [0, 0.05) is 54.5 Å². The van der Waals surface area contributed by atoms with Crippen molar-refractivity contribution in [2.45, 2.75) is 64.8 Å². The third kappa shape index (κ3) is 8.39. The van der Waals surface area contributed by atoms with Gasteiger partial charge in [-0.1, -0.05) is 57.5 Å². The van der Waals surface area contributed by atoms with Gasteiger partial charge in [-0.15, -0.1) is 0 Å². The second kappa shape index (κ2) is 14.1. The highest BCUT2D eigenvalue weighted by molar-refractivity contribution is 6.76. The van der Waals surface area contributed by atoms with Crippen molar-refractivity contribution in [3.05, 3.63) is 66.2 Å². The van der Waals surface area contributed by atoms with Crippen molar-refractivity contribution in [2.24, 2.45) is 0 Å². The Morgan fingerprint density at radius 3 is 2.04 bits per heavy atom. The monoisotopic (exact) mass is 671 g/mol. The van der Waals surface area contributed by atoms with Crippen LogP contribution in [0.25, 0.3) is 44.6 Å². The van der Waals surface area contributed by atoms with E-state index in [0.717, 1.165) is 50.8 Å². The third-order valence-corrected chi connectivity index (χ3v) is 11.7. The molecular formula is C36H49N5O4Si2. The Bertz CT molecular complexity index is 1850. The van der Waals surface area contributed by atoms with E-state index in [1.165, 1.54) is 7.11 Å². The van der Waals surface area contributed by atoms with E-state index < -0.39 is 22.1 Å². The predicted octanol–water partition coefficient (Wildman–Crippen LogP) is 8.20. The van der Waals surface area contributed by atoms with Gasteiger partial charge in [0.25, 0.3) is 0 Å². The fourth-order valence-corrected chi connectivity index (χ4v) is 6.83. The molecule has 0 unspecified atom stereocenters. The number of nitrogens with zero attached hydrogens (tertiary/aromatic N) is 5. The first-order valence-corrected chi connectivity index (χ1v) is 23.7. The molecule has 0 N–H and O–H groups in total. The molecule has 0 amide bonds. The molecule has 0 fully saturated rings. The highest BCUT2D eigenvalue weighted by Crippen LogP contribution is 2.34. The molecule has 3 aromatic carbocycles. The van der Waals surface area contributed by atoms with Crippen LogP contribution in [0.5, 0.6) is 0 Å². The lowest BCUT2D eigenvalue weighted by Gasteiger charge is -2.16. The van der Waals surface area contributed by atoms with Gasteiger partial charge in [0.15, 0.2) is 5.82 Å². The molecule has 0 radical (unpaired) electrons. The average molecular weight is 672 g/mol. The summed E-state index contributed by atoms with van der Waals surface area (Å²) in [6.07, 6.45) is 0. The van der Waals surface area contributed by atoms with Crippen molar-refractivity contribution in [2.75, 3.05) is 39.3 Å². The van der Waals surface area contributed by atoms with Crippen molar-refractivity contribution in [3.63, 3.8) is 0 Å². The van der Waals surface area contributed by atoms with Crippen LogP contribution in [-0.2, 0) is 27.7 Å². The molecule has 2 aromatic heterocycles. The SMILES string of the molecule is COC(=O)c1ccc2c(c1)c(-c1nc3ccc(-c4ccc(N(C)C)cc4)cc3n1COCC[Si](C)(C)C)nn2COCC[Si](C)(C)C. The Morgan fingerprint density at radius 2 is 1.43 bits per heavy atom. The molecule has 0 spiro atoms. The van der Waals surface area contributed by atoms with E-state index in [1.54, 1.807) is 6.07 Å². The molecule has 9 nitrogen and oxygen atoms in total. The lowest BCUT2D eigenvalue weighted by molar-refractivity contribution is 0.0601. The van der Waals surface area contributed by atoms with Crippen LogP contribution in [0.1, 0.15) is 10.4 Å². The number of esters is 1. The van der Waals surface area contributed by atoms with Crippen LogP contribution < -0.4 is 4.90 Å². The number of benzene rings is 3. The number of imidazole rings is 1. The molecule has 0 aliphatic rings. The number of anilines is 1. The molecule has 0 aliphatic heterocycles. The first-order chi connectivity index (χ1) is 22.2. The van der Waals surface area contributed by atoms with E-state index in [0.29, 0.717) is 43.8 Å². The van der Waals surface area contributed by atoms with Crippen molar-refractivity contribution in [1.82, 2.24) is 19.3 Å². The zero-order chi connectivity index (χ0) is 33.9. The van der Waals surface area contributed by atoms with E-state index in [2.05, 4.69) is 91.2 Å². The number of hydrogen-bond donors (Lipinski definition) is 0. The summed E-state index contributed by atoms with van der Waals surface area (Å²) < 4.78 is 21.5. The molecule has 0 aliphatic carbocycles. The summed E-state index contributed by atoms with van der Waals surface area (Å²) in [5.74, 6) is 0.283. The van der Waals surface area contributed by atoms with Crippen LogP contribution in [0.2, 0.25) is 51.4 Å². The molecule has 5 aromatic rings. The molecule has 0 atom stereocenters. The smallest absolute Gasteiger partial charge is 0.337 e. The maximum Gasteiger partial charge on any atom is 0.337 e. The second-order valence-electron chi connectivity index (χ2n) is 14.8. The minimum atomic E-state index is -1.28. The number of methoxy groups -OCH3 is 1. The lowest BCUT2D eigenvalue weighted by atomic mass is 10.0. The minimum absolute atomic E-state index is 0.304. The maximum absolute atomic E-state index is 12.6. The Morgan fingerprint density at radius 1 is 0.787 bits per heavy atom. The molecule has 0 bridgehead atoms. The van der Waals surface area contributed by atoms with Gasteiger partial charge in [-0.05, 0) is 65.7 Å². The van der Waals surface area contributed by atoms with Gasteiger partial charge < -0.3 is 19.1 Å². The molecule has 5 rings (SSSR count). The summed E-state index contributed by atoms with van der Waals surface area (Å²) in [4.78, 5) is 19.8. The maximum atomic E-state index is 12.6. The largest absolute Gasteiger partial charge is 0.465 e. The Labute approximate surface area is 280 Å². The quantitative estimate of drug-likeness (QED) is 0.0669. The van der Waals surface area contributed by atoms with Gasteiger partial charge in [-0.25, -0.2) is 14.5 Å². The number of carbonyl (C=O) groups is 1. The number of fused-ring (bicyclic) bond motifs is 2. The van der Waals surface area contributed by atoms with E-state index in [9.17, 15) is 4.79 Å². The summed E-state index contributed by atoms with van der Waals surface area (Å²) in [6, 6.07) is 22.6. The summed E-state index contributed by atoms with van der Waals surface area (Å²) >= 11 is 0. The van der Waals surface area contributed by atoms with Crippen LogP contribution in [-0.4, -0.2) is 75.9 Å². The lowest BCUT2D eigenvalue weighted by Crippen LogP contribution is -2.22. The Kier molecular flexibility index (Phi) is 10.4. The minimum Gasteiger partial charge on any atom is -0.465 e. The summed E-state index contributed by atoms with van der Waals surface area (Å²) in [5.41, 5.74) is 7.16. The van der Waals surface area contributed by atoms with Crippen LogP contribution >= 0.6 is 0 Å². The highest BCUT2D eigenvalue weighted by Gasteiger charge is 2.23. The molecule has 250 valence electrons. The van der Waals surface area contributed by atoms with E-state index in [4.69, 9.17) is 24.3 Å². The van der Waals surface area contributed by atoms with E-state index >= 15 is 0 Å². The molecule has 0 saturated carbocycles. The average Bonchev–Trinajstić information content (AvgIpc) is 3.57. The molecular weight excluding hydrogens is 623 g/mol. The van der Waals surface area contributed by atoms with Gasteiger partial charge in [-0.2, -0.15) is 5.10 Å². The highest BCUT2D eigenvalue weighted by atomic mass is 28.3. The van der Waals surface area contributed by atoms with Gasteiger partial charge in [-0.3, -0.25) is 4.57 Å². The standard InChI is InChI=1S/C36H49N5O4Si2/c1-39(2)29-14-10-26(11-15-29)27-12-16-31-33(23-27)40(24-44-18-20-46(4,5)6)35(37-31)34-30-22-28(36(42)43-3)13-17-32(30)41(38-34)25-45-19-21-47(7,8)9/h10-17,22-23H,18-21,24-25H2,1-9H3. The second-order valence-corrected chi connectivity index (χ2v) is 26.0. The van der Waals surface area contributed by atoms with Crippen molar-refractivity contribution in [1.29, 1.82) is 0 Å². The Hall–Kier alpha value is -3.78. The first kappa shape index (κ1) is 34.6. The summed E-state index contributed by atoms with van der Waals surface area (Å²) in [5, 5.41) is 5.87. The molecule has 2 heterocycles. The fourth-order valence-electron chi connectivity index (χ4n) is 5.32. The van der Waals surface area contributed by atoms with Crippen molar-refractivity contribution < 1.29 is 19.0 Å². The Balaban J connectivity index is 1.61. The van der Waals surface area contributed by atoms with Crippen LogP contribution in [0, 0.1) is 0 Å². The summed E-state index contributed by atoms with van der Waals surface area (Å²) in [6.45, 7) is 16.1. The first-order valence-electron chi connectivity index (χ1n) is 16.3. The predicted molar refractivity (Wildman–Crippen MR) is 198 cm³/mol. The zero-order valence-electron chi connectivity index (χ0n) is 29.4. The molecule has 47 heavy (non-hydrogen) atoms. The topological polar surface area (TPSA) is 83.6 Å². The van der Waals surface area contributed by atoms with E-state index in [1.807, 2.05) is 30.9 Å². The van der Waals surface area contributed by atoms with Crippen LogP contribution in [0.4, 0.5) is 5.69 Å². The molecule has 11 heteroatoms. The van der Waals surface area contributed by atoms with Crippen LogP contribution in [0.15, 0.2) is 60.7 Å². The van der Waals surface area contributed by atoms with Crippen molar-refractivity contribution >= 4 is 49.7 Å². The third-order valence-electron chi connectivity index (χ3n) is 8.28. The van der Waals surface area contributed by atoms with Crippen LogP contribution in [0.3, 0.4) is 0 Å². The van der Waals surface area contributed by atoms with Gasteiger partial charge in [0.1, 0.15) is 19.2 Å². The fraction of sp³-hybridized carbons (Fsp3) is 0.417. The zero-order valence-corrected chi connectivity index (χ0v) is 31.4. The number of rotatable bonds is 14. The normalized spacial score (nSPS) is 12.3. The number of ether oxygens (including phenoxy) is 3. The summed E-state index contributed by atoms with van der Waals surface area (Å²) in [7, 11) is 2.95.